The van der Waals surface area contributed by atoms with E-state index in [1.165, 1.54) is 0 Å². The van der Waals surface area contributed by atoms with Gasteiger partial charge in [0.15, 0.2) is 0 Å². The van der Waals surface area contributed by atoms with Gasteiger partial charge in [0.2, 0.25) is 0 Å². The van der Waals surface area contributed by atoms with E-state index >= 15 is 0 Å². The third kappa shape index (κ3) is 4.49. The molecule has 0 fully saturated rings. The Labute approximate surface area is 107 Å². The fraction of sp³-hybridized carbons (Fsp3) is 0.500. The van der Waals surface area contributed by atoms with Crippen molar-refractivity contribution in [2.75, 3.05) is 5.32 Å². The molecule has 15 heavy (non-hydrogen) atoms. The van der Waals surface area contributed by atoms with Crippen molar-refractivity contribution in [2.24, 2.45) is 0 Å². The zero-order valence-electron chi connectivity index (χ0n) is 8.67. The van der Waals surface area contributed by atoms with E-state index in [-0.39, 0.29) is 12.1 Å². The highest BCUT2D eigenvalue weighted by molar-refractivity contribution is 9.11. The van der Waals surface area contributed by atoms with Crippen LogP contribution in [0.2, 0.25) is 0 Å². The van der Waals surface area contributed by atoms with Crippen LogP contribution >= 0.6 is 31.9 Å². The molecule has 84 valence electrons. The SMILES string of the molecule is CC(O)CC(C)Nc1ncc(Br)cc1Br. The van der Waals surface area contributed by atoms with Gasteiger partial charge in [0.25, 0.3) is 0 Å². The van der Waals surface area contributed by atoms with E-state index < -0.39 is 0 Å². The average Bonchev–Trinajstić information content (AvgIpc) is 2.08. The number of rotatable bonds is 4. The van der Waals surface area contributed by atoms with Crippen LogP contribution in [0.3, 0.4) is 0 Å². The first-order valence-electron chi connectivity index (χ1n) is 4.74. The highest BCUT2D eigenvalue weighted by Crippen LogP contribution is 2.24. The van der Waals surface area contributed by atoms with Crippen LogP contribution in [0.5, 0.6) is 0 Å². The summed E-state index contributed by atoms with van der Waals surface area (Å²) in [4.78, 5) is 4.24. The molecule has 0 saturated carbocycles. The topological polar surface area (TPSA) is 45.1 Å². The van der Waals surface area contributed by atoms with E-state index in [0.29, 0.717) is 6.42 Å². The Hall–Kier alpha value is -0.130. The molecule has 5 heteroatoms. The number of aromatic nitrogens is 1. The Balaban J connectivity index is 2.64. The molecule has 0 aliphatic carbocycles. The van der Waals surface area contributed by atoms with Crippen molar-refractivity contribution in [1.29, 1.82) is 0 Å². The third-order valence-corrected chi connectivity index (χ3v) is 2.92. The minimum atomic E-state index is -0.304. The molecule has 0 spiro atoms. The predicted octanol–water partition coefficient (Wildman–Crippen LogP) is 3.18. The molecule has 0 aliphatic rings. The number of aliphatic hydroxyl groups excluding tert-OH is 1. The predicted molar refractivity (Wildman–Crippen MR) is 69.0 cm³/mol. The quantitative estimate of drug-likeness (QED) is 0.887. The molecule has 1 rings (SSSR count). The van der Waals surface area contributed by atoms with Crippen molar-refractivity contribution in [2.45, 2.75) is 32.4 Å². The van der Waals surface area contributed by atoms with Gasteiger partial charge in [-0.15, -0.1) is 0 Å². The zero-order chi connectivity index (χ0) is 11.4. The Morgan fingerprint density at radius 2 is 2.13 bits per heavy atom. The summed E-state index contributed by atoms with van der Waals surface area (Å²) in [6.07, 6.45) is 2.13. The monoisotopic (exact) mass is 336 g/mol. The molecule has 0 saturated heterocycles. The second-order valence-corrected chi connectivity index (χ2v) is 5.38. The standard InChI is InChI=1S/C10H14Br2N2O/c1-6(3-7(2)15)14-10-9(12)4-8(11)5-13-10/h4-7,15H,3H2,1-2H3,(H,13,14). The van der Waals surface area contributed by atoms with Crippen molar-refractivity contribution in [3.05, 3.63) is 21.2 Å². The fourth-order valence-electron chi connectivity index (χ4n) is 1.32. The summed E-state index contributed by atoms with van der Waals surface area (Å²) in [5.41, 5.74) is 0. The molecule has 0 aliphatic heterocycles. The van der Waals surface area contributed by atoms with Gasteiger partial charge in [-0.25, -0.2) is 4.98 Å². The van der Waals surface area contributed by atoms with Crippen LogP contribution in [0.15, 0.2) is 21.2 Å². The molecule has 0 amide bonds. The van der Waals surface area contributed by atoms with Gasteiger partial charge in [0.1, 0.15) is 5.82 Å². The van der Waals surface area contributed by atoms with Gasteiger partial charge < -0.3 is 10.4 Å². The Kier molecular flexibility index (Phi) is 5.02. The molecule has 1 heterocycles. The third-order valence-electron chi connectivity index (χ3n) is 1.89. The molecule has 3 nitrogen and oxygen atoms in total. The lowest BCUT2D eigenvalue weighted by Gasteiger charge is -2.16. The summed E-state index contributed by atoms with van der Waals surface area (Å²) in [6, 6.07) is 2.12. The van der Waals surface area contributed by atoms with Crippen LogP contribution < -0.4 is 5.32 Å². The highest BCUT2D eigenvalue weighted by atomic mass is 79.9. The van der Waals surface area contributed by atoms with Crippen LogP contribution in [0.1, 0.15) is 20.3 Å². The lowest BCUT2D eigenvalue weighted by molar-refractivity contribution is 0.179. The Morgan fingerprint density at radius 1 is 1.47 bits per heavy atom. The molecule has 2 atom stereocenters. The number of hydrogen-bond acceptors (Lipinski definition) is 3. The average molecular weight is 338 g/mol. The van der Waals surface area contributed by atoms with Gasteiger partial charge in [0.05, 0.1) is 10.6 Å². The van der Waals surface area contributed by atoms with Gasteiger partial charge >= 0.3 is 0 Å². The van der Waals surface area contributed by atoms with Gasteiger partial charge in [-0.3, -0.25) is 0 Å². The highest BCUT2D eigenvalue weighted by Gasteiger charge is 2.08. The molecule has 2 N–H and O–H groups in total. The minimum Gasteiger partial charge on any atom is -0.393 e. The van der Waals surface area contributed by atoms with E-state index in [2.05, 4.69) is 42.2 Å². The summed E-state index contributed by atoms with van der Waals surface area (Å²) in [7, 11) is 0. The Bertz CT molecular complexity index is 331. The maximum atomic E-state index is 9.23. The van der Waals surface area contributed by atoms with Gasteiger partial charge in [-0.05, 0) is 58.2 Å². The van der Waals surface area contributed by atoms with Crippen LogP contribution in [0.4, 0.5) is 5.82 Å². The zero-order valence-corrected chi connectivity index (χ0v) is 11.8. The molecule has 1 aromatic heterocycles. The van der Waals surface area contributed by atoms with Crippen molar-refractivity contribution in [3.63, 3.8) is 0 Å². The first-order chi connectivity index (χ1) is 6.99. The summed E-state index contributed by atoms with van der Waals surface area (Å²) < 4.78 is 1.84. The maximum Gasteiger partial charge on any atom is 0.140 e. The summed E-state index contributed by atoms with van der Waals surface area (Å²) in [5, 5.41) is 12.5. The summed E-state index contributed by atoms with van der Waals surface area (Å²) >= 11 is 6.77. The van der Waals surface area contributed by atoms with E-state index in [1.54, 1.807) is 13.1 Å². The number of nitrogens with zero attached hydrogens (tertiary/aromatic N) is 1. The van der Waals surface area contributed by atoms with Crippen LogP contribution in [-0.2, 0) is 0 Å². The van der Waals surface area contributed by atoms with Crippen LogP contribution in [0, 0.1) is 0 Å². The molecule has 0 radical (unpaired) electrons. The number of nitrogens with one attached hydrogen (secondary N) is 1. The number of halogens is 2. The van der Waals surface area contributed by atoms with Crippen molar-refractivity contribution in [1.82, 2.24) is 4.98 Å². The van der Waals surface area contributed by atoms with E-state index in [4.69, 9.17) is 0 Å². The molecule has 2 unspecified atom stereocenters. The first kappa shape index (κ1) is 12.9. The largest absolute Gasteiger partial charge is 0.393 e. The summed E-state index contributed by atoms with van der Waals surface area (Å²) in [5.74, 6) is 0.798. The second-order valence-electron chi connectivity index (χ2n) is 3.61. The number of anilines is 1. The Morgan fingerprint density at radius 3 is 2.67 bits per heavy atom. The number of aliphatic hydroxyl groups is 1. The maximum absolute atomic E-state index is 9.23. The smallest absolute Gasteiger partial charge is 0.140 e. The summed E-state index contributed by atoms with van der Waals surface area (Å²) in [6.45, 7) is 3.80. The van der Waals surface area contributed by atoms with Gasteiger partial charge in [-0.1, -0.05) is 0 Å². The molecule has 1 aromatic rings. The number of hydrogen-bond donors (Lipinski definition) is 2. The van der Waals surface area contributed by atoms with Crippen LogP contribution in [-0.4, -0.2) is 22.2 Å². The fourth-order valence-corrected chi connectivity index (χ4v) is 2.43. The van der Waals surface area contributed by atoms with Crippen LogP contribution in [0.25, 0.3) is 0 Å². The number of pyridine rings is 1. The lowest BCUT2D eigenvalue weighted by atomic mass is 10.1. The van der Waals surface area contributed by atoms with Gasteiger partial charge in [0, 0.05) is 16.7 Å². The minimum absolute atomic E-state index is 0.190. The van der Waals surface area contributed by atoms with E-state index in [1.807, 2.05) is 13.0 Å². The normalized spacial score (nSPS) is 14.7. The van der Waals surface area contributed by atoms with Gasteiger partial charge in [-0.2, -0.15) is 0 Å². The molecule has 0 aromatic carbocycles. The molecular weight excluding hydrogens is 324 g/mol. The molecule has 0 bridgehead atoms. The van der Waals surface area contributed by atoms with E-state index in [9.17, 15) is 5.11 Å². The molecular formula is C10H14Br2N2O. The van der Waals surface area contributed by atoms with Crippen molar-refractivity contribution < 1.29 is 5.11 Å². The van der Waals surface area contributed by atoms with E-state index in [0.717, 1.165) is 14.8 Å². The van der Waals surface area contributed by atoms with Crippen molar-refractivity contribution >= 4 is 37.7 Å². The van der Waals surface area contributed by atoms with Crippen molar-refractivity contribution in [3.8, 4) is 0 Å². The lowest BCUT2D eigenvalue weighted by Crippen LogP contribution is -2.21. The second kappa shape index (κ2) is 5.82. The first-order valence-corrected chi connectivity index (χ1v) is 6.33.